The number of carboxylic acid groups (broad SMARTS) is 1. The maximum atomic E-state index is 13.4. The molecule has 1 amide bonds. The molecule has 0 bridgehead atoms. The number of ether oxygens (including phenoxy) is 1. The van der Waals surface area contributed by atoms with Crippen molar-refractivity contribution in [3.05, 3.63) is 94.8 Å². The summed E-state index contributed by atoms with van der Waals surface area (Å²) in [5, 5.41) is 14.3. The SMILES string of the molecule is Cc1cccc(C(=O)O)c1NC(=O)c1cc2ccc(Oc3ccc(C(C)(C)C)cc3)cc2c(CC2CCCC2)n1. The molecular formula is C34H36N2O4. The molecule has 1 heterocycles. The number of fused-ring (bicyclic) bond motifs is 1. The number of aromatic nitrogens is 1. The van der Waals surface area contributed by atoms with Gasteiger partial charge >= 0.3 is 5.97 Å². The number of hydrogen-bond acceptors (Lipinski definition) is 4. The minimum atomic E-state index is -1.09. The van der Waals surface area contributed by atoms with Gasteiger partial charge in [0.15, 0.2) is 0 Å². The summed E-state index contributed by atoms with van der Waals surface area (Å²) in [5.41, 5.74) is 3.47. The van der Waals surface area contributed by atoms with Gasteiger partial charge in [-0.3, -0.25) is 4.79 Å². The maximum Gasteiger partial charge on any atom is 0.337 e. The van der Waals surface area contributed by atoms with Crippen molar-refractivity contribution in [3.8, 4) is 11.5 Å². The molecule has 6 nitrogen and oxygen atoms in total. The van der Waals surface area contributed by atoms with Crippen LogP contribution in [0.2, 0.25) is 0 Å². The van der Waals surface area contributed by atoms with Crippen molar-refractivity contribution in [2.75, 3.05) is 5.32 Å². The second-order valence-corrected chi connectivity index (χ2v) is 11.8. The first kappa shape index (κ1) is 27.4. The summed E-state index contributed by atoms with van der Waals surface area (Å²) in [6.45, 7) is 8.34. The number of carbonyl (C=O) groups is 2. The number of carboxylic acids is 1. The number of nitrogens with zero attached hydrogens (tertiary/aromatic N) is 1. The molecule has 3 aromatic carbocycles. The number of anilines is 1. The zero-order valence-electron chi connectivity index (χ0n) is 23.6. The third kappa shape index (κ3) is 6.01. The molecule has 0 atom stereocenters. The van der Waals surface area contributed by atoms with Crippen LogP contribution < -0.4 is 10.1 Å². The van der Waals surface area contributed by atoms with Crippen LogP contribution >= 0.6 is 0 Å². The van der Waals surface area contributed by atoms with Crippen LogP contribution in [0, 0.1) is 12.8 Å². The molecule has 0 unspecified atom stereocenters. The van der Waals surface area contributed by atoms with E-state index in [1.807, 2.05) is 30.3 Å². The lowest BCUT2D eigenvalue weighted by Gasteiger charge is -2.19. The average molecular weight is 537 g/mol. The first-order valence-electron chi connectivity index (χ1n) is 13.9. The Morgan fingerprint density at radius 1 is 0.975 bits per heavy atom. The number of aryl methyl sites for hydroxylation is 1. The predicted molar refractivity (Wildman–Crippen MR) is 159 cm³/mol. The normalized spacial score (nSPS) is 13.9. The Kier molecular flexibility index (Phi) is 7.61. The van der Waals surface area contributed by atoms with E-state index in [4.69, 9.17) is 9.72 Å². The van der Waals surface area contributed by atoms with Gasteiger partial charge in [-0.15, -0.1) is 0 Å². The van der Waals surface area contributed by atoms with Gasteiger partial charge < -0.3 is 15.2 Å². The van der Waals surface area contributed by atoms with Gasteiger partial charge in [0.25, 0.3) is 5.91 Å². The highest BCUT2D eigenvalue weighted by atomic mass is 16.5. The largest absolute Gasteiger partial charge is 0.478 e. The molecule has 5 rings (SSSR count). The number of nitrogens with one attached hydrogen (secondary N) is 1. The highest BCUT2D eigenvalue weighted by molar-refractivity contribution is 6.08. The number of pyridine rings is 1. The smallest absolute Gasteiger partial charge is 0.337 e. The molecular weight excluding hydrogens is 500 g/mol. The first-order chi connectivity index (χ1) is 19.1. The summed E-state index contributed by atoms with van der Waals surface area (Å²) in [7, 11) is 0. The van der Waals surface area contributed by atoms with Gasteiger partial charge in [0.2, 0.25) is 0 Å². The highest BCUT2D eigenvalue weighted by Crippen LogP contribution is 2.33. The highest BCUT2D eigenvalue weighted by Gasteiger charge is 2.21. The van der Waals surface area contributed by atoms with Crippen molar-refractivity contribution >= 4 is 28.3 Å². The molecule has 6 heteroatoms. The zero-order valence-corrected chi connectivity index (χ0v) is 23.6. The van der Waals surface area contributed by atoms with E-state index in [0.29, 0.717) is 22.9 Å². The molecule has 1 aliphatic carbocycles. The topological polar surface area (TPSA) is 88.5 Å². The molecule has 1 saturated carbocycles. The number of carbonyl (C=O) groups excluding carboxylic acids is 1. The van der Waals surface area contributed by atoms with Crippen LogP contribution in [0.3, 0.4) is 0 Å². The van der Waals surface area contributed by atoms with Gasteiger partial charge in [-0.05, 0) is 77.6 Å². The lowest BCUT2D eigenvalue weighted by molar-refractivity contribution is 0.0698. The van der Waals surface area contributed by atoms with Gasteiger partial charge in [-0.1, -0.05) is 76.8 Å². The standard InChI is InChI=1S/C34H36N2O4/c1-21-8-7-11-27(33(38)39)31(21)36-32(37)30-19-23-12-15-26(40-25-16-13-24(14-17-25)34(2,3)4)20-28(23)29(35-30)18-22-9-5-6-10-22/h7-8,11-17,19-20,22H,5-6,9-10,18H2,1-4H3,(H,36,37)(H,38,39). The van der Waals surface area contributed by atoms with E-state index in [1.54, 1.807) is 25.1 Å². The molecule has 0 spiro atoms. The number of aromatic carboxylic acids is 1. The molecule has 4 aromatic rings. The van der Waals surface area contributed by atoms with Crippen molar-refractivity contribution in [3.63, 3.8) is 0 Å². The number of hydrogen-bond donors (Lipinski definition) is 2. The van der Waals surface area contributed by atoms with E-state index in [9.17, 15) is 14.7 Å². The summed E-state index contributed by atoms with van der Waals surface area (Å²) in [6, 6.07) is 20.8. The van der Waals surface area contributed by atoms with E-state index in [1.165, 1.54) is 24.5 Å². The van der Waals surface area contributed by atoms with Crippen molar-refractivity contribution in [1.29, 1.82) is 0 Å². The van der Waals surface area contributed by atoms with Gasteiger partial charge in [-0.2, -0.15) is 0 Å². The summed E-state index contributed by atoms with van der Waals surface area (Å²) >= 11 is 0. The molecule has 206 valence electrons. The molecule has 0 saturated heterocycles. The van der Waals surface area contributed by atoms with Crippen molar-refractivity contribution in [1.82, 2.24) is 4.98 Å². The quantitative estimate of drug-likeness (QED) is 0.248. The fourth-order valence-electron chi connectivity index (χ4n) is 5.47. The summed E-state index contributed by atoms with van der Waals surface area (Å²) in [4.78, 5) is 30.0. The van der Waals surface area contributed by atoms with Gasteiger partial charge in [0, 0.05) is 11.1 Å². The second-order valence-electron chi connectivity index (χ2n) is 11.8. The fraction of sp³-hybridized carbons (Fsp3) is 0.324. The van der Waals surface area contributed by atoms with Crippen LogP contribution in [0.5, 0.6) is 11.5 Å². The number of benzene rings is 3. The third-order valence-electron chi connectivity index (χ3n) is 7.77. The van der Waals surface area contributed by atoms with Gasteiger partial charge in [-0.25, -0.2) is 9.78 Å². The Morgan fingerprint density at radius 3 is 2.35 bits per heavy atom. The first-order valence-corrected chi connectivity index (χ1v) is 13.9. The molecule has 1 aromatic heterocycles. The van der Waals surface area contributed by atoms with E-state index in [-0.39, 0.29) is 16.7 Å². The van der Waals surface area contributed by atoms with Crippen LogP contribution in [0.25, 0.3) is 10.8 Å². The van der Waals surface area contributed by atoms with E-state index in [0.717, 1.165) is 41.5 Å². The van der Waals surface area contributed by atoms with Crippen LogP contribution in [-0.4, -0.2) is 22.0 Å². The Morgan fingerprint density at radius 2 is 1.68 bits per heavy atom. The Bertz CT molecular complexity index is 1560. The third-order valence-corrected chi connectivity index (χ3v) is 7.77. The molecule has 2 N–H and O–H groups in total. The van der Waals surface area contributed by atoms with Crippen molar-refractivity contribution < 1.29 is 19.4 Å². The Labute approximate surface area is 235 Å². The lowest BCUT2D eigenvalue weighted by Crippen LogP contribution is -2.18. The molecule has 40 heavy (non-hydrogen) atoms. The summed E-state index contributed by atoms with van der Waals surface area (Å²) in [5.74, 6) is 0.493. The minimum Gasteiger partial charge on any atom is -0.478 e. The molecule has 1 fully saturated rings. The fourth-order valence-corrected chi connectivity index (χ4v) is 5.47. The molecule has 1 aliphatic rings. The predicted octanol–water partition coefficient (Wildman–Crippen LogP) is 8.32. The van der Waals surface area contributed by atoms with Gasteiger partial charge in [0.05, 0.1) is 11.3 Å². The van der Waals surface area contributed by atoms with Crippen LogP contribution in [-0.2, 0) is 11.8 Å². The molecule has 0 aliphatic heterocycles. The number of para-hydroxylation sites is 1. The summed E-state index contributed by atoms with van der Waals surface area (Å²) < 4.78 is 6.22. The van der Waals surface area contributed by atoms with Crippen molar-refractivity contribution in [2.45, 2.75) is 65.2 Å². The van der Waals surface area contributed by atoms with Crippen LogP contribution in [0.4, 0.5) is 5.69 Å². The van der Waals surface area contributed by atoms with E-state index in [2.05, 4.69) is 38.2 Å². The van der Waals surface area contributed by atoms with Crippen LogP contribution in [0.15, 0.2) is 66.7 Å². The Hall–Kier alpha value is -4.19. The van der Waals surface area contributed by atoms with E-state index >= 15 is 0 Å². The van der Waals surface area contributed by atoms with Gasteiger partial charge in [0.1, 0.15) is 17.2 Å². The monoisotopic (exact) mass is 536 g/mol. The molecule has 0 radical (unpaired) electrons. The van der Waals surface area contributed by atoms with E-state index < -0.39 is 11.9 Å². The number of rotatable bonds is 7. The van der Waals surface area contributed by atoms with Crippen molar-refractivity contribution in [2.24, 2.45) is 5.92 Å². The Balaban J connectivity index is 1.48. The maximum absolute atomic E-state index is 13.4. The number of amides is 1. The zero-order chi connectivity index (χ0) is 28.4. The van der Waals surface area contributed by atoms with Crippen LogP contribution in [0.1, 0.15) is 84.1 Å². The second kappa shape index (κ2) is 11.1. The average Bonchev–Trinajstić information content (AvgIpc) is 3.42. The lowest BCUT2D eigenvalue weighted by atomic mass is 9.87. The minimum absolute atomic E-state index is 0.0534. The summed E-state index contributed by atoms with van der Waals surface area (Å²) in [6.07, 6.45) is 5.52.